The summed E-state index contributed by atoms with van der Waals surface area (Å²) in [5.41, 5.74) is -0.689. The molecule has 4 aromatic rings. The lowest BCUT2D eigenvalue weighted by Gasteiger charge is -2.21. The first-order chi connectivity index (χ1) is 12.0. The minimum atomic E-state index is -1.59. The summed E-state index contributed by atoms with van der Waals surface area (Å²) in [6, 6.07) is 12.7. The standard InChI is InChI=1S/C22H24O2Si2/c1-25(2,3)15-9-13-7-8-14-10-16(26(4,5)6)12-18-20(14)19(13)17(11-15)21(23)22(18)24/h7-12H,1-6H3. The van der Waals surface area contributed by atoms with Crippen molar-refractivity contribution in [3.8, 4) is 0 Å². The van der Waals surface area contributed by atoms with Crippen molar-refractivity contribution >= 4 is 58.8 Å². The van der Waals surface area contributed by atoms with Crippen molar-refractivity contribution in [2.24, 2.45) is 0 Å². The van der Waals surface area contributed by atoms with Gasteiger partial charge in [0, 0.05) is 21.5 Å². The zero-order valence-corrected chi connectivity index (χ0v) is 18.3. The quantitative estimate of drug-likeness (QED) is 0.303. The molecule has 0 heterocycles. The molecule has 0 amide bonds. The maximum absolute atomic E-state index is 13.0. The van der Waals surface area contributed by atoms with Gasteiger partial charge in [-0.3, -0.25) is 9.59 Å². The zero-order chi connectivity index (χ0) is 19.0. The fourth-order valence-corrected chi connectivity index (χ4v) is 6.13. The highest BCUT2D eigenvalue weighted by atomic mass is 28.3. The molecule has 0 saturated carbocycles. The molecule has 0 unspecified atom stereocenters. The molecule has 0 bridgehead atoms. The van der Waals surface area contributed by atoms with Crippen molar-refractivity contribution in [1.29, 1.82) is 0 Å². The zero-order valence-electron chi connectivity index (χ0n) is 16.3. The van der Waals surface area contributed by atoms with Gasteiger partial charge in [0.25, 0.3) is 0 Å². The second-order valence-electron chi connectivity index (χ2n) is 9.47. The van der Waals surface area contributed by atoms with E-state index in [-0.39, 0.29) is 10.9 Å². The minimum Gasteiger partial charge on any atom is -0.285 e. The number of hydrogen-bond donors (Lipinski definition) is 0. The van der Waals surface area contributed by atoms with E-state index in [0.29, 0.717) is 10.8 Å². The lowest BCUT2D eigenvalue weighted by molar-refractivity contribution is 1.60. The van der Waals surface area contributed by atoms with Gasteiger partial charge in [-0.2, -0.15) is 0 Å². The summed E-state index contributed by atoms with van der Waals surface area (Å²) in [5.74, 6) is 0. The van der Waals surface area contributed by atoms with Crippen LogP contribution in [0.1, 0.15) is 0 Å². The van der Waals surface area contributed by atoms with E-state index in [4.69, 9.17) is 0 Å². The van der Waals surface area contributed by atoms with Gasteiger partial charge in [-0.15, -0.1) is 0 Å². The second-order valence-corrected chi connectivity index (χ2v) is 19.6. The van der Waals surface area contributed by atoms with Gasteiger partial charge in [0.2, 0.25) is 10.9 Å². The first-order valence-electron chi connectivity index (χ1n) is 9.13. The molecular weight excluding hydrogens is 352 g/mol. The maximum atomic E-state index is 13.0. The van der Waals surface area contributed by atoms with E-state index < -0.39 is 16.1 Å². The maximum Gasteiger partial charge on any atom is 0.234 e. The first-order valence-corrected chi connectivity index (χ1v) is 16.1. The normalized spacial score (nSPS) is 13.3. The third-order valence-electron chi connectivity index (χ3n) is 5.46. The Morgan fingerprint density at radius 1 is 0.577 bits per heavy atom. The fraction of sp³-hybridized carbons (Fsp3) is 0.273. The molecule has 0 saturated heterocycles. The Kier molecular flexibility index (Phi) is 3.50. The van der Waals surface area contributed by atoms with Crippen molar-refractivity contribution in [2.45, 2.75) is 39.3 Å². The summed E-state index contributed by atoms with van der Waals surface area (Å²) >= 11 is 0. The highest BCUT2D eigenvalue weighted by Crippen LogP contribution is 2.31. The average molecular weight is 377 g/mol. The molecule has 4 heteroatoms. The van der Waals surface area contributed by atoms with Crippen molar-refractivity contribution in [2.75, 3.05) is 0 Å². The van der Waals surface area contributed by atoms with E-state index in [1.807, 2.05) is 12.1 Å². The molecule has 26 heavy (non-hydrogen) atoms. The lowest BCUT2D eigenvalue weighted by Crippen LogP contribution is -2.39. The second kappa shape index (κ2) is 5.24. The molecular formula is C22H24O2Si2. The molecule has 132 valence electrons. The largest absolute Gasteiger partial charge is 0.285 e. The van der Waals surface area contributed by atoms with E-state index >= 15 is 0 Å². The molecule has 2 nitrogen and oxygen atoms in total. The predicted octanol–water partition coefficient (Wildman–Crippen LogP) is 3.83. The van der Waals surface area contributed by atoms with Gasteiger partial charge < -0.3 is 0 Å². The highest BCUT2D eigenvalue weighted by Gasteiger charge is 2.23. The number of hydrogen-bond acceptors (Lipinski definition) is 2. The summed E-state index contributed by atoms with van der Waals surface area (Å²) < 4.78 is 0. The molecule has 0 aliphatic heterocycles. The summed E-state index contributed by atoms with van der Waals surface area (Å²) in [7, 11) is -3.18. The molecule has 0 aromatic heterocycles. The van der Waals surface area contributed by atoms with Gasteiger partial charge in [-0.25, -0.2) is 0 Å². The highest BCUT2D eigenvalue weighted by molar-refractivity contribution is 6.89. The SMILES string of the molecule is C[Si](C)(C)c1cc2ccc3cc([Si](C)(C)C)cc4c(=O)c(=O)c(c1)c2c34. The molecule has 4 rings (SSSR count). The van der Waals surface area contributed by atoms with E-state index in [2.05, 4.69) is 63.5 Å². The van der Waals surface area contributed by atoms with E-state index in [1.165, 1.54) is 10.4 Å². The van der Waals surface area contributed by atoms with E-state index in [9.17, 15) is 9.59 Å². The summed E-state index contributed by atoms with van der Waals surface area (Å²) in [6.45, 7) is 13.6. The average Bonchev–Trinajstić information content (AvgIpc) is 2.55. The molecule has 0 fully saturated rings. The minimum absolute atomic E-state index is 0.345. The Balaban J connectivity index is 2.29. The molecule has 4 aromatic carbocycles. The molecule has 0 radical (unpaired) electrons. The first kappa shape index (κ1) is 17.4. The summed E-state index contributed by atoms with van der Waals surface area (Å²) in [5, 5.41) is 7.74. The van der Waals surface area contributed by atoms with Crippen LogP contribution in [0.2, 0.25) is 39.3 Å². The van der Waals surface area contributed by atoms with E-state index in [1.54, 1.807) is 0 Å². The van der Waals surface area contributed by atoms with Crippen LogP contribution in [0, 0.1) is 0 Å². The van der Waals surface area contributed by atoms with Gasteiger partial charge in [0.15, 0.2) is 0 Å². The number of rotatable bonds is 2. The Morgan fingerprint density at radius 3 is 1.23 bits per heavy atom. The van der Waals surface area contributed by atoms with Crippen LogP contribution < -0.4 is 21.2 Å². The van der Waals surface area contributed by atoms with Gasteiger partial charge in [-0.1, -0.05) is 86.1 Å². The van der Waals surface area contributed by atoms with Gasteiger partial charge in [0.1, 0.15) is 0 Å². The van der Waals surface area contributed by atoms with Crippen LogP contribution in [0.4, 0.5) is 0 Å². The van der Waals surface area contributed by atoms with Crippen LogP contribution in [-0.2, 0) is 0 Å². The Morgan fingerprint density at radius 2 is 0.923 bits per heavy atom. The van der Waals surface area contributed by atoms with Crippen LogP contribution in [0.3, 0.4) is 0 Å². The van der Waals surface area contributed by atoms with E-state index in [0.717, 1.165) is 21.5 Å². The van der Waals surface area contributed by atoms with Crippen LogP contribution in [-0.4, -0.2) is 16.1 Å². The topological polar surface area (TPSA) is 34.1 Å². The number of benzene rings is 4. The van der Waals surface area contributed by atoms with Crippen LogP contribution >= 0.6 is 0 Å². The van der Waals surface area contributed by atoms with Crippen LogP contribution in [0.25, 0.3) is 32.3 Å². The molecule has 0 aliphatic rings. The molecule has 0 N–H and O–H groups in total. The Hall–Kier alpha value is -2.05. The molecule has 0 aliphatic carbocycles. The third kappa shape index (κ3) is 2.43. The molecule has 0 atom stereocenters. The fourth-order valence-electron chi connectivity index (χ4n) is 3.80. The van der Waals surface area contributed by atoms with Crippen molar-refractivity contribution in [3.05, 3.63) is 56.8 Å². The predicted molar refractivity (Wildman–Crippen MR) is 120 cm³/mol. The molecule has 0 spiro atoms. The Labute approximate surface area is 155 Å². The van der Waals surface area contributed by atoms with Crippen molar-refractivity contribution in [1.82, 2.24) is 0 Å². The summed E-state index contributed by atoms with van der Waals surface area (Å²) in [4.78, 5) is 25.9. The van der Waals surface area contributed by atoms with Crippen LogP contribution in [0.15, 0.2) is 46.0 Å². The third-order valence-corrected chi connectivity index (χ3v) is 9.50. The smallest absolute Gasteiger partial charge is 0.234 e. The van der Waals surface area contributed by atoms with Crippen LogP contribution in [0.5, 0.6) is 0 Å². The van der Waals surface area contributed by atoms with Gasteiger partial charge >= 0.3 is 0 Å². The van der Waals surface area contributed by atoms with Crippen molar-refractivity contribution in [3.63, 3.8) is 0 Å². The lowest BCUT2D eigenvalue weighted by atomic mass is 9.94. The summed E-state index contributed by atoms with van der Waals surface area (Å²) in [6.07, 6.45) is 0. The van der Waals surface area contributed by atoms with Crippen molar-refractivity contribution < 1.29 is 0 Å². The van der Waals surface area contributed by atoms with Gasteiger partial charge in [0.05, 0.1) is 16.1 Å². The van der Waals surface area contributed by atoms with Gasteiger partial charge in [-0.05, 0) is 10.8 Å². The monoisotopic (exact) mass is 376 g/mol. The Bertz CT molecular complexity index is 1180.